The van der Waals surface area contributed by atoms with Crippen LogP contribution in [0.25, 0.3) is 0 Å². The fourth-order valence-electron chi connectivity index (χ4n) is 2.98. The maximum atomic E-state index is 11.1. The van der Waals surface area contributed by atoms with E-state index in [1.807, 2.05) is 0 Å². The van der Waals surface area contributed by atoms with Crippen molar-refractivity contribution in [3.63, 3.8) is 0 Å². The molecule has 1 N–H and O–H groups in total. The Balaban J connectivity index is 2.16. The highest BCUT2D eigenvalue weighted by Gasteiger charge is 2.57. The maximum Gasteiger partial charge on any atom is 0.309 e. The number of carbonyl (C=O) groups is 1. The summed E-state index contributed by atoms with van der Waals surface area (Å²) in [4.78, 5) is 11.1. The summed E-state index contributed by atoms with van der Waals surface area (Å²) in [6.45, 7) is 0. The molecule has 0 spiro atoms. The zero-order valence-corrected chi connectivity index (χ0v) is 8.45. The van der Waals surface area contributed by atoms with Gasteiger partial charge in [0.15, 0.2) is 0 Å². The molecule has 2 aliphatic carbocycles. The van der Waals surface area contributed by atoms with E-state index in [1.54, 1.807) is 13.4 Å². The van der Waals surface area contributed by atoms with Crippen LogP contribution in [0.15, 0.2) is 12.3 Å². The number of hydrogen-bond donors (Lipinski definition) is 1. The number of fused-ring (bicyclic) bond motifs is 2. The van der Waals surface area contributed by atoms with Crippen LogP contribution in [0.1, 0.15) is 32.1 Å². The van der Waals surface area contributed by atoms with Gasteiger partial charge in [-0.15, -0.1) is 0 Å². The average Bonchev–Trinajstić information content (AvgIpc) is 2.72. The molecule has 3 nitrogen and oxygen atoms in total. The quantitative estimate of drug-likeness (QED) is 0.704. The first kappa shape index (κ1) is 9.56. The molecule has 0 aromatic heterocycles. The van der Waals surface area contributed by atoms with Gasteiger partial charge in [-0.1, -0.05) is 0 Å². The van der Waals surface area contributed by atoms with Gasteiger partial charge in [-0.25, -0.2) is 0 Å². The third-order valence-electron chi connectivity index (χ3n) is 3.90. The third-order valence-corrected chi connectivity index (χ3v) is 3.90. The molecule has 78 valence electrons. The number of aliphatic carboxylic acids is 1. The second kappa shape index (κ2) is 3.01. The van der Waals surface area contributed by atoms with Gasteiger partial charge in [-0.05, 0) is 43.6 Å². The van der Waals surface area contributed by atoms with E-state index in [1.165, 1.54) is 0 Å². The molecule has 0 saturated heterocycles. The largest absolute Gasteiger partial charge is 0.505 e. The molecule has 2 bridgehead atoms. The summed E-state index contributed by atoms with van der Waals surface area (Å²) in [6, 6.07) is 0. The van der Waals surface area contributed by atoms with Crippen molar-refractivity contribution in [1.82, 2.24) is 0 Å². The Bertz CT molecular complexity index is 272. The number of allylic oxidation sites excluding steroid dienone is 1. The summed E-state index contributed by atoms with van der Waals surface area (Å²) < 4.78 is 4.91. The molecule has 0 aromatic rings. The predicted molar refractivity (Wildman–Crippen MR) is 51.7 cm³/mol. The van der Waals surface area contributed by atoms with Crippen LogP contribution >= 0.6 is 0 Å². The van der Waals surface area contributed by atoms with Crippen molar-refractivity contribution in [1.29, 1.82) is 0 Å². The van der Waals surface area contributed by atoms with Gasteiger partial charge in [0.25, 0.3) is 0 Å². The molecule has 0 amide bonds. The van der Waals surface area contributed by atoms with Crippen LogP contribution in [0.3, 0.4) is 0 Å². The van der Waals surface area contributed by atoms with E-state index < -0.39 is 11.4 Å². The summed E-state index contributed by atoms with van der Waals surface area (Å²) in [5.74, 6) is -0.609. The van der Waals surface area contributed by atoms with Gasteiger partial charge in [-0.3, -0.25) is 4.79 Å². The molecule has 0 unspecified atom stereocenters. The predicted octanol–water partition coefficient (Wildman–Crippen LogP) is 2.18. The molecule has 2 saturated carbocycles. The van der Waals surface area contributed by atoms with Crippen LogP contribution in [0.5, 0.6) is 0 Å². The van der Waals surface area contributed by atoms with E-state index >= 15 is 0 Å². The molecular weight excluding hydrogens is 180 g/mol. The van der Waals surface area contributed by atoms with Gasteiger partial charge < -0.3 is 9.84 Å². The highest BCUT2D eigenvalue weighted by Crippen LogP contribution is 2.62. The molecule has 0 atom stereocenters. The van der Waals surface area contributed by atoms with Gasteiger partial charge in [0.1, 0.15) is 0 Å². The van der Waals surface area contributed by atoms with Crippen LogP contribution < -0.4 is 0 Å². The SMILES string of the molecule is CO/C=C\C12CCC(C(=O)O)(CC1)C2. The second-order valence-electron chi connectivity index (χ2n) is 4.66. The van der Waals surface area contributed by atoms with Gasteiger partial charge in [0.05, 0.1) is 18.8 Å². The molecular formula is C11H16O3. The van der Waals surface area contributed by atoms with Crippen molar-refractivity contribution in [3.05, 3.63) is 12.3 Å². The Kier molecular flexibility index (Phi) is 2.05. The lowest BCUT2D eigenvalue weighted by atomic mass is 9.82. The van der Waals surface area contributed by atoms with Crippen molar-refractivity contribution in [3.8, 4) is 0 Å². The monoisotopic (exact) mass is 196 g/mol. The fraction of sp³-hybridized carbons (Fsp3) is 0.727. The summed E-state index contributed by atoms with van der Waals surface area (Å²) in [5.41, 5.74) is -0.299. The van der Waals surface area contributed by atoms with Gasteiger partial charge in [-0.2, -0.15) is 0 Å². The standard InChI is InChI=1S/C11H16O3/c1-14-7-6-10-2-4-11(8-10,5-3-10)9(12)13/h6-7H,2-5,8H2,1H3,(H,12,13)/b7-6-. The van der Waals surface area contributed by atoms with E-state index in [9.17, 15) is 9.90 Å². The zero-order valence-electron chi connectivity index (χ0n) is 8.45. The topological polar surface area (TPSA) is 46.5 Å². The first-order chi connectivity index (χ1) is 6.63. The number of carboxylic acid groups (broad SMARTS) is 1. The minimum atomic E-state index is -0.609. The Morgan fingerprint density at radius 1 is 1.36 bits per heavy atom. The summed E-state index contributed by atoms with van der Waals surface area (Å²) in [5, 5.41) is 9.17. The Hall–Kier alpha value is -0.990. The van der Waals surface area contributed by atoms with E-state index in [0.29, 0.717) is 0 Å². The second-order valence-corrected chi connectivity index (χ2v) is 4.66. The average molecular weight is 196 g/mol. The highest BCUT2D eigenvalue weighted by molar-refractivity contribution is 5.76. The molecule has 0 aromatic carbocycles. The minimum absolute atomic E-state index is 0.119. The van der Waals surface area contributed by atoms with E-state index in [4.69, 9.17) is 4.74 Å². The van der Waals surface area contributed by atoms with Gasteiger partial charge >= 0.3 is 5.97 Å². The van der Waals surface area contributed by atoms with E-state index in [-0.39, 0.29) is 5.41 Å². The lowest BCUT2D eigenvalue weighted by Gasteiger charge is -2.22. The van der Waals surface area contributed by atoms with Gasteiger partial charge in [0, 0.05) is 0 Å². The fourth-order valence-corrected chi connectivity index (χ4v) is 2.98. The zero-order chi connectivity index (χ0) is 10.2. The minimum Gasteiger partial charge on any atom is -0.505 e. The first-order valence-corrected chi connectivity index (χ1v) is 5.07. The maximum absolute atomic E-state index is 11.1. The summed E-state index contributed by atoms with van der Waals surface area (Å²) in [7, 11) is 1.63. The third kappa shape index (κ3) is 1.22. The highest BCUT2D eigenvalue weighted by atomic mass is 16.5. The van der Waals surface area contributed by atoms with Crippen LogP contribution in [0.4, 0.5) is 0 Å². The normalized spacial score (nSPS) is 40.6. The lowest BCUT2D eigenvalue weighted by Crippen LogP contribution is -2.25. The first-order valence-electron chi connectivity index (χ1n) is 5.07. The van der Waals surface area contributed by atoms with Crippen molar-refractivity contribution >= 4 is 5.97 Å². The Morgan fingerprint density at radius 2 is 2.00 bits per heavy atom. The molecule has 3 heteroatoms. The molecule has 0 heterocycles. The van der Waals surface area contributed by atoms with Crippen molar-refractivity contribution < 1.29 is 14.6 Å². The van der Waals surface area contributed by atoms with Crippen LogP contribution in [0, 0.1) is 10.8 Å². The molecule has 14 heavy (non-hydrogen) atoms. The number of hydrogen-bond acceptors (Lipinski definition) is 2. The molecule has 2 aliphatic rings. The summed E-state index contributed by atoms with van der Waals surface area (Å²) in [6.07, 6.45) is 8.22. The molecule has 2 rings (SSSR count). The molecule has 2 fully saturated rings. The summed E-state index contributed by atoms with van der Waals surface area (Å²) >= 11 is 0. The molecule has 0 aliphatic heterocycles. The van der Waals surface area contributed by atoms with E-state index in [2.05, 4.69) is 6.08 Å². The van der Waals surface area contributed by atoms with E-state index in [0.717, 1.165) is 32.1 Å². The molecule has 0 radical (unpaired) electrons. The Morgan fingerprint density at radius 3 is 2.43 bits per heavy atom. The van der Waals surface area contributed by atoms with Crippen LogP contribution in [-0.4, -0.2) is 18.2 Å². The number of methoxy groups -OCH3 is 1. The van der Waals surface area contributed by atoms with Crippen molar-refractivity contribution in [2.45, 2.75) is 32.1 Å². The lowest BCUT2D eigenvalue weighted by molar-refractivity contribution is -0.148. The van der Waals surface area contributed by atoms with Crippen molar-refractivity contribution in [2.24, 2.45) is 10.8 Å². The number of rotatable bonds is 3. The van der Waals surface area contributed by atoms with Crippen LogP contribution in [-0.2, 0) is 9.53 Å². The number of carboxylic acids is 1. The smallest absolute Gasteiger partial charge is 0.309 e. The van der Waals surface area contributed by atoms with Gasteiger partial charge in [0.2, 0.25) is 0 Å². The Labute approximate surface area is 83.8 Å². The number of ether oxygens (including phenoxy) is 1. The van der Waals surface area contributed by atoms with Crippen molar-refractivity contribution in [2.75, 3.05) is 7.11 Å². The van der Waals surface area contributed by atoms with Crippen LogP contribution in [0.2, 0.25) is 0 Å².